The smallest absolute Gasteiger partial charge is 0.417 e. The van der Waals surface area contributed by atoms with Gasteiger partial charge in [0.1, 0.15) is 6.54 Å². The van der Waals surface area contributed by atoms with Crippen molar-refractivity contribution in [2.75, 3.05) is 18.9 Å². The number of carbonyl (C=O) groups is 2. The van der Waals surface area contributed by atoms with E-state index in [1.165, 1.54) is 6.07 Å². The molecule has 1 amide bonds. The number of ether oxygens (including phenoxy) is 1. The van der Waals surface area contributed by atoms with Crippen molar-refractivity contribution in [1.82, 2.24) is 10.3 Å². The topological polar surface area (TPSA) is 68.3 Å². The Morgan fingerprint density at radius 3 is 2.62 bits per heavy atom. The summed E-state index contributed by atoms with van der Waals surface area (Å²) in [6.07, 6.45) is -3.73. The second kappa shape index (κ2) is 7.87. The summed E-state index contributed by atoms with van der Waals surface area (Å²) >= 11 is 0.970. The minimum absolute atomic E-state index is 0.0578. The van der Waals surface area contributed by atoms with Crippen LogP contribution in [0.5, 0.6) is 0 Å². The fourth-order valence-electron chi connectivity index (χ4n) is 1.21. The van der Waals surface area contributed by atoms with Gasteiger partial charge in [0.25, 0.3) is 0 Å². The summed E-state index contributed by atoms with van der Waals surface area (Å²) in [6.45, 7) is 1.62. The number of halogens is 3. The van der Waals surface area contributed by atoms with E-state index < -0.39 is 23.6 Å². The minimum Gasteiger partial charge on any atom is -0.465 e. The van der Waals surface area contributed by atoms with Gasteiger partial charge in [-0.05, 0) is 19.1 Å². The first-order valence-electron chi connectivity index (χ1n) is 5.91. The van der Waals surface area contributed by atoms with E-state index in [1.54, 1.807) is 6.92 Å². The van der Waals surface area contributed by atoms with E-state index >= 15 is 0 Å². The highest BCUT2D eigenvalue weighted by Gasteiger charge is 2.30. The Hall–Kier alpha value is -1.77. The Kier molecular flexibility index (Phi) is 6.47. The van der Waals surface area contributed by atoms with Crippen molar-refractivity contribution < 1.29 is 27.5 Å². The van der Waals surface area contributed by atoms with Crippen LogP contribution in [0.15, 0.2) is 23.4 Å². The van der Waals surface area contributed by atoms with E-state index in [1.807, 2.05) is 0 Å². The van der Waals surface area contributed by atoms with E-state index in [9.17, 15) is 22.8 Å². The quantitative estimate of drug-likeness (QED) is 0.640. The van der Waals surface area contributed by atoms with Crippen LogP contribution in [-0.4, -0.2) is 35.8 Å². The maximum atomic E-state index is 12.3. The number of amides is 1. The number of alkyl halides is 3. The van der Waals surface area contributed by atoms with Gasteiger partial charge in [-0.15, -0.1) is 0 Å². The highest BCUT2D eigenvalue weighted by Crippen LogP contribution is 2.29. The van der Waals surface area contributed by atoms with Gasteiger partial charge in [0.05, 0.1) is 22.9 Å². The Balaban J connectivity index is 2.38. The average Bonchev–Trinajstić information content (AvgIpc) is 2.43. The Morgan fingerprint density at radius 1 is 1.38 bits per heavy atom. The Morgan fingerprint density at radius 2 is 2.10 bits per heavy atom. The molecule has 0 aliphatic carbocycles. The molecule has 0 atom stereocenters. The van der Waals surface area contributed by atoms with E-state index in [4.69, 9.17) is 0 Å². The summed E-state index contributed by atoms with van der Waals surface area (Å²) in [6, 6.07) is 2.08. The summed E-state index contributed by atoms with van der Waals surface area (Å²) in [5.74, 6) is -1.05. The lowest BCUT2D eigenvalue weighted by molar-refractivity contribution is -0.143. The van der Waals surface area contributed by atoms with Gasteiger partial charge >= 0.3 is 12.1 Å². The molecule has 1 N–H and O–H groups in total. The number of hydrogen-bond donors (Lipinski definition) is 1. The monoisotopic (exact) mass is 322 g/mol. The fourth-order valence-corrected chi connectivity index (χ4v) is 1.88. The molecular formula is C12H13F3N2O3S. The van der Waals surface area contributed by atoms with Gasteiger partial charge in [-0.1, -0.05) is 11.8 Å². The lowest BCUT2D eigenvalue weighted by Gasteiger charge is -2.07. The van der Waals surface area contributed by atoms with Gasteiger partial charge < -0.3 is 10.1 Å². The number of nitrogens with zero attached hydrogens (tertiary/aromatic N) is 1. The van der Waals surface area contributed by atoms with E-state index in [0.29, 0.717) is 6.20 Å². The third-order valence-electron chi connectivity index (χ3n) is 2.15. The molecule has 1 aromatic rings. The highest BCUT2D eigenvalue weighted by molar-refractivity contribution is 7.99. The molecule has 5 nitrogen and oxygen atoms in total. The van der Waals surface area contributed by atoms with Crippen LogP contribution in [0.3, 0.4) is 0 Å². The maximum absolute atomic E-state index is 12.3. The average molecular weight is 322 g/mol. The van der Waals surface area contributed by atoms with Crippen LogP contribution in [0.4, 0.5) is 13.2 Å². The lowest BCUT2D eigenvalue weighted by Crippen LogP contribution is -2.31. The summed E-state index contributed by atoms with van der Waals surface area (Å²) in [7, 11) is 0. The molecule has 0 spiro atoms. The SMILES string of the molecule is CCOC(=O)CNC(=O)CSc1ccc(C(F)(F)F)cn1. The first kappa shape index (κ1) is 17.3. The zero-order valence-corrected chi connectivity index (χ0v) is 11.9. The molecular weight excluding hydrogens is 309 g/mol. The number of rotatable bonds is 6. The molecule has 0 bridgehead atoms. The third kappa shape index (κ3) is 6.48. The molecule has 116 valence electrons. The van der Waals surface area contributed by atoms with Crippen molar-refractivity contribution in [1.29, 1.82) is 0 Å². The van der Waals surface area contributed by atoms with Crippen molar-refractivity contribution in [3.8, 4) is 0 Å². The molecule has 0 radical (unpaired) electrons. The van der Waals surface area contributed by atoms with Gasteiger partial charge in [0, 0.05) is 6.20 Å². The summed E-state index contributed by atoms with van der Waals surface area (Å²) < 4.78 is 41.6. The number of nitrogens with one attached hydrogen (secondary N) is 1. The van der Waals surface area contributed by atoms with Crippen LogP contribution in [0.1, 0.15) is 12.5 Å². The van der Waals surface area contributed by atoms with Crippen molar-refractivity contribution >= 4 is 23.6 Å². The highest BCUT2D eigenvalue weighted by atomic mass is 32.2. The van der Waals surface area contributed by atoms with E-state index in [2.05, 4.69) is 15.0 Å². The lowest BCUT2D eigenvalue weighted by atomic mass is 10.3. The first-order chi connectivity index (χ1) is 9.82. The minimum atomic E-state index is -4.44. The zero-order valence-electron chi connectivity index (χ0n) is 11.1. The third-order valence-corrected chi connectivity index (χ3v) is 3.09. The van der Waals surface area contributed by atoms with E-state index in [-0.39, 0.29) is 23.9 Å². The van der Waals surface area contributed by atoms with Crippen molar-refractivity contribution in [2.24, 2.45) is 0 Å². The number of thioether (sulfide) groups is 1. The Labute approximate surface area is 123 Å². The Bertz CT molecular complexity index is 492. The van der Waals surface area contributed by atoms with Crippen molar-refractivity contribution in [3.05, 3.63) is 23.9 Å². The summed E-state index contributed by atoms with van der Waals surface area (Å²) in [5, 5.41) is 2.62. The second-order valence-corrected chi connectivity index (χ2v) is 4.75. The molecule has 0 aromatic carbocycles. The molecule has 9 heteroatoms. The molecule has 1 heterocycles. The van der Waals surface area contributed by atoms with Crippen LogP contribution >= 0.6 is 11.8 Å². The molecule has 1 rings (SSSR count). The molecule has 21 heavy (non-hydrogen) atoms. The predicted molar refractivity (Wildman–Crippen MR) is 69.6 cm³/mol. The van der Waals surface area contributed by atoms with Crippen LogP contribution < -0.4 is 5.32 Å². The normalized spacial score (nSPS) is 11.0. The number of carbonyl (C=O) groups excluding carboxylic acids is 2. The molecule has 0 unspecified atom stereocenters. The maximum Gasteiger partial charge on any atom is 0.417 e. The summed E-state index contributed by atoms with van der Waals surface area (Å²) in [5.41, 5.74) is -0.849. The number of hydrogen-bond acceptors (Lipinski definition) is 5. The molecule has 0 saturated carbocycles. The first-order valence-corrected chi connectivity index (χ1v) is 6.90. The molecule has 0 aliphatic heterocycles. The molecule has 0 fully saturated rings. The molecule has 1 aromatic heterocycles. The fraction of sp³-hybridized carbons (Fsp3) is 0.417. The number of aromatic nitrogens is 1. The van der Waals surface area contributed by atoms with E-state index in [0.717, 1.165) is 17.8 Å². The predicted octanol–water partition coefficient (Wildman–Crippen LogP) is 1.87. The largest absolute Gasteiger partial charge is 0.465 e. The standard InChI is InChI=1S/C12H13F3N2O3S/c1-2-20-11(19)6-16-9(18)7-21-10-4-3-8(5-17-10)12(13,14)15/h3-5H,2,6-7H2,1H3,(H,16,18). The van der Waals surface area contributed by atoms with Crippen LogP contribution in [0, 0.1) is 0 Å². The van der Waals surface area contributed by atoms with Crippen LogP contribution in [-0.2, 0) is 20.5 Å². The van der Waals surface area contributed by atoms with Crippen molar-refractivity contribution in [2.45, 2.75) is 18.1 Å². The van der Waals surface area contributed by atoms with Crippen LogP contribution in [0.2, 0.25) is 0 Å². The molecule has 0 aliphatic rings. The van der Waals surface area contributed by atoms with Crippen molar-refractivity contribution in [3.63, 3.8) is 0 Å². The van der Waals surface area contributed by atoms with Gasteiger partial charge in [-0.25, -0.2) is 4.98 Å². The van der Waals surface area contributed by atoms with Gasteiger partial charge in [0.2, 0.25) is 5.91 Å². The second-order valence-electron chi connectivity index (χ2n) is 3.75. The van der Waals surface area contributed by atoms with Crippen LogP contribution in [0.25, 0.3) is 0 Å². The number of esters is 1. The molecule has 0 saturated heterocycles. The van der Waals surface area contributed by atoms with Gasteiger partial charge in [0.15, 0.2) is 0 Å². The van der Waals surface area contributed by atoms with Gasteiger partial charge in [-0.2, -0.15) is 13.2 Å². The number of pyridine rings is 1. The zero-order chi connectivity index (χ0) is 15.9. The summed E-state index contributed by atoms with van der Waals surface area (Å²) in [4.78, 5) is 26.0. The van der Waals surface area contributed by atoms with Gasteiger partial charge in [-0.3, -0.25) is 9.59 Å².